The number of sulfone groups is 1. The minimum Gasteiger partial charge on any atom is -0.369 e. The standard InChI is InChI=1S/C11H19N5O2S/c1-2-19(17,18)6-5-13-9-7-10(16-12)15-11(14-9)8-3-4-8/h7-8H,2-6,12H2,1H3,(H2,13,14,15,16). The number of nitrogens with two attached hydrogens (primary N) is 1. The Balaban J connectivity index is 2.01. The quantitative estimate of drug-likeness (QED) is 0.494. The van der Waals surface area contributed by atoms with E-state index in [-0.39, 0.29) is 11.5 Å². The Kier molecular flexibility index (Phi) is 4.20. The summed E-state index contributed by atoms with van der Waals surface area (Å²) in [5.41, 5.74) is 2.50. The highest BCUT2D eigenvalue weighted by Crippen LogP contribution is 2.38. The average molecular weight is 285 g/mol. The number of nitrogen functional groups attached to an aromatic ring is 1. The molecular formula is C11H19N5O2S. The number of aromatic nitrogens is 2. The van der Waals surface area contributed by atoms with Gasteiger partial charge in [-0.3, -0.25) is 0 Å². The van der Waals surface area contributed by atoms with E-state index < -0.39 is 9.84 Å². The molecule has 1 aliphatic rings. The molecule has 0 aliphatic heterocycles. The Hall–Kier alpha value is -1.41. The fraction of sp³-hybridized carbons (Fsp3) is 0.636. The van der Waals surface area contributed by atoms with E-state index in [1.54, 1.807) is 13.0 Å². The third kappa shape index (κ3) is 4.03. The van der Waals surface area contributed by atoms with Crippen molar-refractivity contribution in [1.29, 1.82) is 0 Å². The second-order valence-corrected chi connectivity index (χ2v) is 7.05. The summed E-state index contributed by atoms with van der Waals surface area (Å²) in [5, 5.41) is 3.01. The van der Waals surface area contributed by atoms with Gasteiger partial charge in [-0.25, -0.2) is 24.2 Å². The summed E-state index contributed by atoms with van der Waals surface area (Å²) >= 11 is 0. The molecule has 2 rings (SSSR count). The van der Waals surface area contributed by atoms with E-state index in [9.17, 15) is 8.42 Å². The van der Waals surface area contributed by atoms with Gasteiger partial charge in [-0.1, -0.05) is 6.92 Å². The number of nitrogens with one attached hydrogen (secondary N) is 2. The molecule has 0 unspecified atom stereocenters. The Morgan fingerprint density at radius 1 is 1.37 bits per heavy atom. The van der Waals surface area contributed by atoms with Crippen LogP contribution in [-0.2, 0) is 9.84 Å². The summed E-state index contributed by atoms with van der Waals surface area (Å²) in [6.45, 7) is 1.98. The maximum atomic E-state index is 11.4. The Labute approximate surface area is 112 Å². The van der Waals surface area contributed by atoms with Crippen molar-refractivity contribution in [2.45, 2.75) is 25.7 Å². The van der Waals surface area contributed by atoms with Crippen LogP contribution in [-0.4, -0.2) is 36.4 Å². The summed E-state index contributed by atoms with van der Waals surface area (Å²) in [6, 6.07) is 1.67. The van der Waals surface area contributed by atoms with Gasteiger partial charge in [0.25, 0.3) is 0 Å². The van der Waals surface area contributed by atoms with Gasteiger partial charge in [0.05, 0.1) is 5.75 Å². The zero-order valence-corrected chi connectivity index (χ0v) is 11.7. The molecular weight excluding hydrogens is 266 g/mol. The Morgan fingerprint density at radius 3 is 2.63 bits per heavy atom. The molecule has 4 N–H and O–H groups in total. The molecule has 0 aromatic carbocycles. The van der Waals surface area contributed by atoms with E-state index in [0.717, 1.165) is 18.7 Å². The van der Waals surface area contributed by atoms with E-state index in [4.69, 9.17) is 5.84 Å². The lowest BCUT2D eigenvalue weighted by molar-refractivity contribution is 0.597. The first kappa shape index (κ1) is 14.0. The number of rotatable bonds is 7. The molecule has 7 nitrogen and oxygen atoms in total. The van der Waals surface area contributed by atoms with E-state index in [0.29, 0.717) is 24.1 Å². The highest BCUT2D eigenvalue weighted by Gasteiger charge is 2.27. The SMILES string of the molecule is CCS(=O)(=O)CCNc1cc(NN)nc(C2CC2)n1. The highest BCUT2D eigenvalue weighted by molar-refractivity contribution is 7.91. The van der Waals surface area contributed by atoms with Crippen LogP contribution < -0.4 is 16.6 Å². The van der Waals surface area contributed by atoms with Gasteiger partial charge in [-0.05, 0) is 12.8 Å². The van der Waals surface area contributed by atoms with Crippen molar-refractivity contribution in [2.75, 3.05) is 28.8 Å². The second-order valence-electron chi connectivity index (χ2n) is 4.58. The Bertz CT molecular complexity index is 542. The summed E-state index contributed by atoms with van der Waals surface area (Å²) in [7, 11) is -2.97. The lowest BCUT2D eigenvalue weighted by atomic mass is 10.4. The molecule has 0 radical (unpaired) electrons. The van der Waals surface area contributed by atoms with Crippen LogP contribution in [0.15, 0.2) is 6.07 Å². The smallest absolute Gasteiger partial charge is 0.151 e. The van der Waals surface area contributed by atoms with Crippen LogP contribution in [0.4, 0.5) is 11.6 Å². The third-order valence-corrected chi connectivity index (χ3v) is 4.70. The van der Waals surface area contributed by atoms with Crippen LogP contribution in [0.25, 0.3) is 0 Å². The van der Waals surface area contributed by atoms with Crippen LogP contribution in [0.5, 0.6) is 0 Å². The zero-order valence-electron chi connectivity index (χ0n) is 10.9. The summed E-state index contributed by atoms with van der Waals surface area (Å²) in [4.78, 5) is 8.66. The second kappa shape index (κ2) is 5.70. The monoisotopic (exact) mass is 285 g/mol. The van der Waals surface area contributed by atoms with E-state index >= 15 is 0 Å². The first-order valence-corrected chi connectivity index (χ1v) is 8.16. The molecule has 19 heavy (non-hydrogen) atoms. The van der Waals surface area contributed by atoms with E-state index in [1.807, 2.05) is 0 Å². The third-order valence-electron chi connectivity index (χ3n) is 2.99. The van der Waals surface area contributed by atoms with Crippen LogP contribution in [0.3, 0.4) is 0 Å². The molecule has 0 amide bonds. The molecule has 0 saturated heterocycles. The average Bonchev–Trinajstić information content (AvgIpc) is 3.22. The summed E-state index contributed by atoms with van der Waals surface area (Å²) in [5.74, 6) is 7.93. The zero-order chi connectivity index (χ0) is 13.9. The molecule has 1 aliphatic carbocycles. The molecule has 0 spiro atoms. The van der Waals surface area contributed by atoms with Gasteiger partial charge in [-0.2, -0.15) is 0 Å². The van der Waals surface area contributed by atoms with Crippen molar-refractivity contribution in [1.82, 2.24) is 9.97 Å². The fourth-order valence-electron chi connectivity index (χ4n) is 1.63. The molecule has 8 heteroatoms. The van der Waals surface area contributed by atoms with Gasteiger partial charge in [0, 0.05) is 24.3 Å². The molecule has 1 saturated carbocycles. The van der Waals surface area contributed by atoms with Crippen molar-refractivity contribution < 1.29 is 8.42 Å². The number of hydrogen-bond donors (Lipinski definition) is 3. The first-order chi connectivity index (χ1) is 9.04. The minimum absolute atomic E-state index is 0.0949. The Morgan fingerprint density at radius 2 is 2.05 bits per heavy atom. The van der Waals surface area contributed by atoms with Crippen LogP contribution in [0.1, 0.15) is 31.5 Å². The van der Waals surface area contributed by atoms with Gasteiger partial charge in [0.2, 0.25) is 0 Å². The maximum absolute atomic E-state index is 11.4. The minimum atomic E-state index is -2.97. The fourth-order valence-corrected chi connectivity index (χ4v) is 2.34. The van der Waals surface area contributed by atoms with Crippen LogP contribution in [0, 0.1) is 0 Å². The molecule has 1 aromatic heterocycles. The van der Waals surface area contributed by atoms with Gasteiger partial charge < -0.3 is 10.7 Å². The summed E-state index contributed by atoms with van der Waals surface area (Å²) in [6.07, 6.45) is 2.19. The molecule has 106 valence electrons. The van der Waals surface area contributed by atoms with Crippen molar-refractivity contribution in [3.63, 3.8) is 0 Å². The predicted molar refractivity (Wildman–Crippen MR) is 74.6 cm³/mol. The largest absolute Gasteiger partial charge is 0.369 e. The van der Waals surface area contributed by atoms with Gasteiger partial charge in [0.1, 0.15) is 17.5 Å². The molecule has 0 bridgehead atoms. The number of hydrazine groups is 1. The predicted octanol–water partition coefficient (Wildman–Crippen LogP) is 0.486. The van der Waals surface area contributed by atoms with Crippen molar-refractivity contribution in [3.8, 4) is 0 Å². The number of anilines is 2. The number of nitrogens with zero attached hydrogens (tertiary/aromatic N) is 2. The molecule has 1 heterocycles. The van der Waals surface area contributed by atoms with E-state index in [2.05, 4.69) is 20.7 Å². The van der Waals surface area contributed by atoms with Crippen LogP contribution >= 0.6 is 0 Å². The van der Waals surface area contributed by atoms with Crippen molar-refractivity contribution >= 4 is 21.5 Å². The molecule has 0 atom stereocenters. The highest BCUT2D eigenvalue weighted by atomic mass is 32.2. The molecule has 1 fully saturated rings. The van der Waals surface area contributed by atoms with E-state index in [1.165, 1.54) is 0 Å². The van der Waals surface area contributed by atoms with Crippen molar-refractivity contribution in [3.05, 3.63) is 11.9 Å². The normalized spacial score (nSPS) is 15.3. The maximum Gasteiger partial charge on any atom is 0.151 e. The first-order valence-electron chi connectivity index (χ1n) is 6.34. The lowest BCUT2D eigenvalue weighted by Gasteiger charge is -2.09. The van der Waals surface area contributed by atoms with Gasteiger partial charge in [-0.15, -0.1) is 0 Å². The number of hydrogen-bond acceptors (Lipinski definition) is 7. The lowest BCUT2D eigenvalue weighted by Crippen LogP contribution is -2.18. The van der Waals surface area contributed by atoms with Crippen molar-refractivity contribution in [2.24, 2.45) is 5.84 Å². The molecule has 1 aromatic rings. The van der Waals surface area contributed by atoms with Crippen LogP contribution in [0.2, 0.25) is 0 Å². The van der Waals surface area contributed by atoms with Gasteiger partial charge in [0.15, 0.2) is 9.84 Å². The summed E-state index contributed by atoms with van der Waals surface area (Å²) < 4.78 is 22.8. The topological polar surface area (TPSA) is 110 Å². The van der Waals surface area contributed by atoms with Gasteiger partial charge >= 0.3 is 0 Å².